The number of guanidine groups is 1. The van der Waals surface area contributed by atoms with E-state index in [2.05, 4.69) is 20.9 Å². The van der Waals surface area contributed by atoms with E-state index in [1.54, 1.807) is 24.3 Å². The lowest BCUT2D eigenvalue weighted by Crippen LogP contribution is -2.55. The maximum absolute atomic E-state index is 13.1. The zero-order valence-electron chi connectivity index (χ0n) is 23.9. The molecule has 2 unspecified atom stereocenters. The molecule has 4 amide bonds. The highest BCUT2D eigenvalue weighted by atomic mass is 19.4. The Hall–Kier alpha value is -4.94. The number of hydrogen-bond acceptors (Lipinski definition) is 8. The van der Waals surface area contributed by atoms with Crippen molar-refractivity contribution >= 4 is 41.4 Å². The van der Waals surface area contributed by atoms with Gasteiger partial charge < -0.3 is 49.7 Å². The summed E-state index contributed by atoms with van der Waals surface area (Å²) in [6.07, 6.45) is -3.88. The summed E-state index contributed by atoms with van der Waals surface area (Å²) in [6.45, 7) is 0.509. The van der Waals surface area contributed by atoms with Crippen molar-refractivity contribution in [2.24, 2.45) is 39.6 Å². The molecule has 16 nitrogen and oxygen atoms in total. The van der Waals surface area contributed by atoms with E-state index in [-0.39, 0.29) is 44.1 Å². The van der Waals surface area contributed by atoms with Crippen LogP contribution in [0.3, 0.4) is 0 Å². The van der Waals surface area contributed by atoms with Gasteiger partial charge in [0.15, 0.2) is 5.96 Å². The molecule has 246 valence electrons. The van der Waals surface area contributed by atoms with Crippen molar-refractivity contribution in [1.82, 2.24) is 16.0 Å². The molecule has 0 aromatic heterocycles. The lowest BCUT2D eigenvalue weighted by molar-refractivity contribution is -0.192. The van der Waals surface area contributed by atoms with Gasteiger partial charge in [0.2, 0.25) is 23.6 Å². The van der Waals surface area contributed by atoms with Crippen LogP contribution < -0.4 is 44.6 Å². The SMILES string of the molecule is CNC(=O)C(Cc1ccc(C(=N)N)cc1)C(=O)NC(CCCN)C(=O)N[C@@H](CCCN=C(N)N)C(N)=O.O=C(O)C(F)(F)F. The standard InChI is InChI=1S/C23H38N10O4.C2HF3O2/c1-30-20(35)15(12-13-6-8-14(9-7-13)18(25)26)21(36)33-17(4-2-10-24)22(37)32-16(19(27)34)5-3-11-31-23(28)29;3-2(4,5)1(6)7/h6-9,15-17H,2-5,10-12,24H2,1H3,(H3,25,26)(H2,27,34)(H,30,35)(H,32,37)(H,33,36)(H4,28,29,31);(H,6,7)/t15?,16-,17?;/m0./s1. The van der Waals surface area contributed by atoms with Crippen molar-refractivity contribution in [3.05, 3.63) is 35.4 Å². The number of halogens is 3. The summed E-state index contributed by atoms with van der Waals surface area (Å²) in [4.78, 5) is 63.2. The Morgan fingerprint density at radius 3 is 1.86 bits per heavy atom. The number of rotatable bonds is 16. The number of carboxylic acid groups (broad SMARTS) is 1. The number of nitrogens with zero attached hydrogens (tertiary/aromatic N) is 1. The van der Waals surface area contributed by atoms with Crippen LogP contribution in [0, 0.1) is 11.3 Å². The van der Waals surface area contributed by atoms with Gasteiger partial charge in [0.05, 0.1) is 0 Å². The highest BCUT2D eigenvalue weighted by Crippen LogP contribution is 2.14. The summed E-state index contributed by atoms with van der Waals surface area (Å²) < 4.78 is 31.7. The summed E-state index contributed by atoms with van der Waals surface area (Å²) in [6, 6.07) is 4.50. The Morgan fingerprint density at radius 2 is 1.43 bits per heavy atom. The summed E-state index contributed by atoms with van der Waals surface area (Å²) in [7, 11) is 1.40. The molecule has 0 aliphatic rings. The predicted molar refractivity (Wildman–Crippen MR) is 154 cm³/mol. The number of nitrogens with two attached hydrogens (primary N) is 5. The molecule has 0 aliphatic heterocycles. The minimum absolute atomic E-state index is 0.0453. The molecular formula is C25H39F3N10O6. The predicted octanol–water partition coefficient (Wildman–Crippen LogP) is -2.24. The molecule has 0 radical (unpaired) electrons. The van der Waals surface area contributed by atoms with E-state index < -0.39 is 53.8 Å². The fourth-order valence-corrected chi connectivity index (χ4v) is 3.46. The first-order chi connectivity index (χ1) is 20.4. The Labute approximate surface area is 250 Å². The van der Waals surface area contributed by atoms with Crippen LogP contribution in [0.4, 0.5) is 13.2 Å². The van der Waals surface area contributed by atoms with Crippen LogP contribution in [0.5, 0.6) is 0 Å². The number of amidine groups is 1. The molecule has 1 aromatic carbocycles. The third-order valence-electron chi connectivity index (χ3n) is 5.76. The smallest absolute Gasteiger partial charge is 0.475 e. The van der Waals surface area contributed by atoms with E-state index in [4.69, 9.17) is 44.0 Å². The molecule has 0 aliphatic carbocycles. The molecular weight excluding hydrogens is 593 g/mol. The lowest BCUT2D eigenvalue weighted by Gasteiger charge is -2.24. The Kier molecular flexibility index (Phi) is 17.1. The molecule has 15 N–H and O–H groups in total. The Morgan fingerprint density at radius 1 is 0.909 bits per heavy atom. The van der Waals surface area contributed by atoms with Crippen molar-refractivity contribution in [1.29, 1.82) is 5.41 Å². The minimum Gasteiger partial charge on any atom is -0.475 e. The summed E-state index contributed by atoms with van der Waals surface area (Å²) in [5.41, 5.74) is 28.2. The van der Waals surface area contributed by atoms with Gasteiger partial charge in [0.25, 0.3) is 0 Å². The number of carbonyl (C=O) groups is 5. The van der Waals surface area contributed by atoms with Gasteiger partial charge >= 0.3 is 12.1 Å². The average molecular weight is 633 g/mol. The number of primary amides is 1. The first-order valence-electron chi connectivity index (χ1n) is 13.0. The van der Waals surface area contributed by atoms with Crippen LogP contribution in [0.2, 0.25) is 0 Å². The van der Waals surface area contributed by atoms with Crippen LogP contribution in [-0.2, 0) is 30.4 Å². The van der Waals surface area contributed by atoms with Crippen LogP contribution in [0.1, 0.15) is 36.8 Å². The molecule has 3 atom stereocenters. The number of aliphatic carboxylic acids is 1. The summed E-state index contributed by atoms with van der Waals surface area (Å²) in [5, 5.41) is 22.2. The largest absolute Gasteiger partial charge is 0.490 e. The number of aliphatic imine (C=N–C) groups is 1. The van der Waals surface area contributed by atoms with Gasteiger partial charge in [-0.2, -0.15) is 13.2 Å². The van der Waals surface area contributed by atoms with Crippen LogP contribution >= 0.6 is 0 Å². The fraction of sp³-hybridized carbons (Fsp3) is 0.480. The first kappa shape index (κ1) is 39.1. The molecule has 0 bridgehead atoms. The van der Waals surface area contributed by atoms with Gasteiger partial charge in [-0.25, -0.2) is 4.79 Å². The average Bonchev–Trinajstić information content (AvgIpc) is 2.94. The molecule has 0 saturated heterocycles. The van der Waals surface area contributed by atoms with Gasteiger partial charge in [-0.05, 0) is 44.2 Å². The third-order valence-corrected chi connectivity index (χ3v) is 5.76. The summed E-state index contributed by atoms with van der Waals surface area (Å²) >= 11 is 0. The second-order valence-electron chi connectivity index (χ2n) is 9.19. The molecule has 1 aromatic rings. The van der Waals surface area contributed by atoms with Gasteiger partial charge in [-0.3, -0.25) is 29.6 Å². The molecule has 1 rings (SSSR count). The van der Waals surface area contributed by atoms with E-state index in [0.29, 0.717) is 24.0 Å². The molecule has 0 spiro atoms. The fourth-order valence-electron chi connectivity index (χ4n) is 3.46. The highest BCUT2D eigenvalue weighted by molar-refractivity contribution is 6.02. The van der Waals surface area contributed by atoms with Gasteiger partial charge in [-0.1, -0.05) is 24.3 Å². The Bertz CT molecular complexity index is 1170. The maximum Gasteiger partial charge on any atom is 0.490 e. The number of hydrogen-bond donors (Lipinski definition) is 10. The monoisotopic (exact) mass is 632 g/mol. The van der Waals surface area contributed by atoms with E-state index >= 15 is 0 Å². The van der Waals surface area contributed by atoms with E-state index in [1.807, 2.05) is 0 Å². The van der Waals surface area contributed by atoms with Crippen LogP contribution in [0.15, 0.2) is 29.3 Å². The zero-order valence-corrected chi connectivity index (χ0v) is 23.9. The third kappa shape index (κ3) is 15.3. The number of alkyl halides is 3. The number of benzene rings is 1. The molecule has 0 saturated carbocycles. The number of amides is 4. The van der Waals surface area contributed by atoms with Gasteiger partial charge in [-0.15, -0.1) is 0 Å². The summed E-state index contributed by atoms with van der Waals surface area (Å²) in [5.74, 6) is -6.69. The normalized spacial score (nSPS) is 12.7. The topological polar surface area (TPSA) is 308 Å². The zero-order chi connectivity index (χ0) is 34.0. The number of nitrogen functional groups attached to an aromatic ring is 1. The number of carboxylic acids is 1. The van der Waals surface area contributed by atoms with E-state index in [1.165, 1.54) is 7.05 Å². The van der Waals surface area contributed by atoms with Crippen LogP contribution in [-0.4, -0.2) is 84.9 Å². The number of nitrogens with one attached hydrogen (secondary N) is 4. The van der Waals surface area contributed by atoms with Crippen molar-refractivity contribution in [3.8, 4) is 0 Å². The van der Waals surface area contributed by atoms with Gasteiger partial charge in [0.1, 0.15) is 23.8 Å². The number of carbonyl (C=O) groups excluding carboxylic acids is 4. The van der Waals surface area contributed by atoms with Crippen molar-refractivity contribution < 1.29 is 42.3 Å². The molecule has 0 heterocycles. The lowest BCUT2D eigenvalue weighted by atomic mass is 9.96. The van der Waals surface area contributed by atoms with Crippen molar-refractivity contribution in [2.45, 2.75) is 50.4 Å². The second kappa shape index (κ2) is 19.3. The molecule has 44 heavy (non-hydrogen) atoms. The molecule has 0 fully saturated rings. The van der Waals surface area contributed by atoms with Gasteiger partial charge in [0, 0.05) is 19.2 Å². The highest BCUT2D eigenvalue weighted by Gasteiger charge is 2.38. The second-order valence-corrected chi connectivity index (χ2v) is 9.19. The van der Waals surface area contributed by atoms with Crippen molar-refractivity contribution in [2.75, 3.05) is 20.1 Å². The molecule has 19 heteroatoms. The first-order valence-corrected chi connectivity index (χ1v) is 13.0. The maximum atomic E-state index is 13.1. The van der Waals surface area contributed by atoms with Crippen LogP contribution in [0.25, 0.3) is 0 Å². The van der Waals surface area contributed by atoms with E-state index in [9.17, 15) is 32.3 Å². The Balaban J connectivity index is 0.00000234. The quantitative estimate of drug-likeness (QED) is 0.0404. The van der Waals surface area contributed by atoms with E-state index in [0.717, 1.165) is 0 Å². The minimum atomic E-state index is -5.08. The van der Waals surface area contributed by atoms with Crippen molar-refractivity contribution in [3.63, 3.8) is 0 Å².